The molecular weight excluding hydrogens is 792 g/mol. The lowest BCUT2D eigenvalue weighted by atomic mass is 9.43. The van der Waals surface area contributed by atoms with E-state index in [9.17, 15) is 96.6 Å². The van der Waals surface area contributed by atoms with Gasteiger partial charge in [0.2, 0.25) is 0 Å². The van der Waals surface area contributed by atoms with Crippen LogP contribution in [0.5, 0.6) is 0 Å². The van der Waals surface area contributed by atoms with E-state index in [0.29, 0.717) is 0 Å². The van der Waals surface area contributed by atoms with Gasteiger partial charge in [-0.25, -0.2) is 17.6 Å². The van der Waals surface area contributed by atoms with E-state index < -0.39 is 81.9 Å². The van der Waals surface area contributed by atoms with Crippen LogP contribution in [0.2, 0.25) is 0 Å². The molecule has 0 amide bonds. The third-order valence-corrected chi connectivity index (χ3v) is 12.2. The Morgan fingerprint density at radius 1 is 0.212 bits per heavy atom. The minimum absolute atomic E-state index is 1.16. The molecule has 6 aliphatic carbocycles. The van der Waals surface area contributed by atoms with Crippen molar-refractivity contribution in [2.45, 2.75) is 146 Å². The van der Waals surface area contributed by atoms with Crippen molar-refractivity contribution in [3.63, 3.8) is 0 Å². The zero-order valence-electron chi connectivity index (χ0n) is 25.5. The van der Waals surface area contributed by atoms with Crippen LogP contribution < -0.4 is 0 Å². The van der Waals surface area contributed by atoms with Gasteiger partial charge in [-0.1, -0.05) is 38.5 Å². The molecular formula is C28H24F24. The van der Waals surface area contributed by atoms with Gasteiger partial charge in [-0.05, 0) is 49.4 Å². The van der Waals surface area contributed by atoms with Crippen LogP contribution in [0.3, 0.4) is 0 Å². The summed E-state index contributed by atoms with van der Waals surface area (Å²) in [5.41, 5.74) is -38.6. The zero-order valence-corrected chi connectivity index (χ0v) is 25.5. The number of halogens is 24. The van der Waals surface area contributed by atoms with Gasteiger partial charge in [0, 0.05) is 0 Å². The van der Waals surface area contributed by atoms with Crippen LogP contribution in [-0.2, 0) is 0 Å². The largest absolute Gasteiger partial charge is 0.382 e. The predicted octanol–water partition coefficient (Wildman–Crippen LogP) is 11.6. The summed E-state index contributed by atoms with van der Waals surface area (Å²) < 4.78 is 339. The molecule has 0 spiro atoms. The number of alkyl halides is 24. The van der Waals surface area contributed by atoms with E-state index in [0.717, 1.165) is 11.8 Å². The van der Waals surface area contributed by atoms with E-state index in [2.05, 4.69) is 0 Å². The molecule has 304 valence electrons. The molecule has 52 heavy (non-hydrogen) atoms. The third kappa shape index (κ3) is 3.60. The fourth-order valence-corrected chi connectivity index (χ4v) is 9.43. The first-order valence-corrected chi connectivity index (χ1v) is 15.5. The topological polar surface area (TPSA) is 0 Å². The molecule has 0 N–H and O–H groups in total. The minimum atomic E-state index is -9.77. The summed E-state index contributed by atoms with van der Waals surface area (Å²) in [4.78, 5) is 0. The standard InChI is InChI=1S/C14F24.C14H24/c15-1-2(16)4(18,10(29,30)14(37,38)12(33,34)6(2,21)22)8(25,26)7(23,24)3(1,17)9(27,28)13(35,36)11(31,32)5(1,19)20;1-3-7-13-11(5-1)9-10-12-6-2-4-8-14(12)13/h;11-14H,1-10H2. The van der Waals surface area contributed by atoms with Crippen LogP contribution >= 0.6 is 0 Å². The van der Waals surface area contributed by atoms with Gasteiger partial charge in [-0.15, -0.1) is 0 Å². The monoisotopic (exact) mass is 816 g/mol. The van der Waals surface area contributed by atoms with Gasteiger partial charge >= 0.3 is 59.2 Å². The van der Waals surface area contributed by atoms with Crippen LogP contribution in [0.25, 0.3) is 0 Å². The van der Waals surface area contributed by atoms with Gasteiger partial charge in [0.05, 0.1) is 0 Å². The molecule has 0 nitrogen and oxygen atoms in total. The second-order valence-corrected chi connectivity index (χ2v) is 14.4. The van der Waals surface area contributed by atoms with Crippen molar-refractivity contribution in [3.05, 3.63) is 0 Å². The van der Waals surface area contributed by atoms with Crippen molar-refractivity contribution < 1.29 is 105 Å². The highest BCUT2D eigenvalue weighted by Crippen LogP contribution is 2.87. The average molecular weight is 816 g/mol. The van der Waals surface area contributed by atoms with Crippen molar-refractivity contribution in [2.75, 3.05) is 0 Å². The van der Waals surface area contributed by atoms with Crippen molar-refractivity contribution >= 4 is 0 Å². The first-order chi connectivity index (χ1) is 22.9. The maximum Gasteiger partial charge on any atom is 0.382 e. The van der Waals surface area contributed by atoms with Crippen LogP contribution in [-0.4, -0.2) is 81.9 Å². The summed E-state index contributed by atoms with van der Waals surface area (Å²) in [6.07, 6.45) is 15.7. The lowest BCUT2D eigenvalue weighted by Gasteiger charge is -2.70. The SMILES string of the molecule is C1CCC2C(C1)CCC1CCCCC12.FC1(F)C(F)(F)C(F)(F)C2(F)C(F)(C1(F)F)C(F)(F)C(F)(F)C1(F)C(F)(F)C(F)(F)C(F)(F)C(F)(F)C12F. The van der Waals surface area contributed by atoms with E-state index in [1.165, 1.54) is 11.8 Å². The van der Waals surface area contributed by atoms with E-state index in [1.54, 1.807) is 64.2 Å². The summed E-state index contributed by atoms with van der Waals surface area (Å²) in [5, 5.41) is 0. The molecule has 0 aromatic rings. The molecule has 0 bridgehead atoms. The second-order valence-electron chi connectivity index (χ2n) is 14.4. The predicted molar refractivity (Wildman–Crippen MR) is 125 cm³/mol. The summed E-state index contributed by atoms with van der Waals surface area (Å²) in [6, 6.07) is 0. The van der Waals surface area contributed by atoms with Gasteiger partial charge < -0.3 is 0 Å². The molecule has 8 unspecified atom stereocenters. The quantitative estimate of drug-likeness (QED) is 0.214. The Morgan fingerprint density at radius 3 is 0.654 bits per heavy atom. The van der Waals surface area contributed by atoms with Crippen molar-refractivity contribution in [1.29, 1.82) is 0 Å². The lowest BCUT2D eigenvalue weighted by Crippen LogP contribution is -3.06. The highest BCUT2D eigenvalue weighted by atomic mass is 19.4. The molecule has 0 heterocycles. The number of hydrogen-bond donors (Lipinski definition) is 0. The maximum absolute atomic E-state index is 15.3. The second kappa shape index (κ2) is 10.6. The molecule has 0 saturated heterocycles. The molecule has 0 aromatic carbocycles. The Morgan fingerprint density at radius 2 is 0.404 bits per heavy atom. The Bertz CT molecular complexity index is 1330. The van der Waals surface area contributed by atoms with Gasteiger partial charge in [-0.2, -0.15) is 87.8 Å². The molecule has 6 rings (SSSR count). The highest BCUT2D eigenvalue weighted by Gasteiger charge is 3.21. The van der Waals surface area contributed by atoms with Gasteiger partial charge in [0.1, 0.15) is 0 Å². The van der Waals surface area contributed by atoms with Gasteiger partial charge in [0.15, 0.2) is 0 Å². The van der Waals surface area contributed by atoms with Crippen molar-refractivity contribution in [2.24, 2.45) is 23.7 Å². The molecule has 6 fully saturated rings. The fraction of sp³-hybridized carbons (Fsp3) is 1.00. The molecule has 0 aromatic heterocycles. The summed E-state index contributed by atoms with van der Waals surface area (Å²) in [7, 11) is 0. The van der Waals surface area contributed by atoms with Gasteiger partial charge in [0.25, 0.3) is 22.7 Å². The molecule has 6 saturated carbocycles. The maximum atomic E-state index is 15.3. The van der Waals surface area contributed by atoms with E-state index >= 15 is 8.78 Å². The van der Waals surface area contributed by atoms with E-state index in [4.69, 9.17) is 0 Å². The lowest BCUT2D eigenvalue weighted by molar-refractivity contribution is -0.587. The van der Waals surface area contributed by atoms with Crippen LogP contribution in [0.4, 0.5) is 105 Å². The third-order valence-electron chi connectivity index (χ3n) is 12.2. The average Bonchev–Trinajstić information content (AvgIpc) is 3.04. The van der Waals surface area contributed by atoms with Crippen molar-refractivity contribution in [3.8, 4) is 0 Å². The first kappa shape index (κ1) is 41.5. The summed E-state index contributed by atoms with van der Waals surface area (Å²) in [5.74, 6) is -86.4. The zero-order chi connectivity index (χ0) is 40.4. The molecule has 8 atom stereocenters. The number of fused-ring (bicyclic) bond motifs is 6. The van der Waals surface area contributed by atoms with Crippen LogP contribution in [0, 0.1) is 23.7 Å². The number of hydrogen-bond acceptors (Lipinski definition) is 0. The smallest absolute Gasteiger partial charge is 0.229 e. The van der Waals surface area contributed by atoms with Crippen LogP contribution in [0.15, 0.2) is 0 Å². The molecule has 24 heteroatoms. The van der Waals surface area contributed by atoms with Crippen molar-refractivity contribution in [1.82, 2.24) is 0 Å². The van der Waals surface area contributed by atoms with Gasteiger partial charge in [-0.3, -0.25) is 0 Å². The highest BCUT2D eigenvalue weighted by molar-refractivity contribution is 5.51. The van der Waals surface area contributed by atoms with Crippen LogP contribution in [0.1, 0.15) is 64.2 Å². The minimum Gasteiger partial charge on any atom is -0.229 e. The Labute approximate surface area is 276 Å². The summed E-state index contributed by atoms with van der Waals surface area (Å²) in [6.45, 7) is 0. The molecule has 0 aliphatic heterocycles. The molecule has 6 aliphatic rings. The number of rotatable bonds is 0. The molecule has 0 radical (unpaired) electrons. The summed E-state index contributed by atoms with van der Waals surface area (Å²) >= 11 is 0. The van der Waals surface area contributed by atoms with E-state index in [1.807, 2.05) is 0 Å². The Hall–Kier alpha value is -1.68. The Balaban J connectivity index is 0.000000306. The van der Waals surface area contributed by atoms with E-state index in [-0.39, 0.29) is 0 Å². The fourth-order valence-electron chi connectivity index (χ4n) is 9.43. The Kier molecular flexibility index (Phi) is 8.44. The normalized spacial score (nSPS) is 47.5. The first-order valence-electron chi connectivity index (χ1n) is 15.5.